The van der Waals surface area contributed by atoms with Crippen LogP contribution in [0.25, 0.3) is 0 Å². The van der Waals surface area contributed by atoms with Crippen molar-refractivity contribution in [3.05, 3.63) is 12.3 Å². The first kappa shape index (κ1) is 13.1. The van der Waals surface area contributed by atoms with E-state index in [1.54, 1.807) is 28.9 Å². The van der Waals surface area contributed by atoms with Crippen LogP contribution < -0.4 is 10.2 Å². The van der Waals surface area contributed by atoms with Crippen LogP contribution in [0.3, 0.4) is 0 Å². The Hall–Kier alpha value is -1.85. The normalized spacial score (nSPS) is 27.1. The third-order valence-electron chi connectivity index (χ3n) is 4.02. The summed E-state index contributed by atoms with van der Waals surface area (Å²) >= 11 is 0. The predicted octanol–water partition coefficient (Wildman–Crippen LogP) is 0.686. The summed E-state index contributed by atoms with van der Waals surface area (Å²) in [5.74, 6) is 0.815. The smallest absolute Gasteiger partial charge is 0.251 e. The van der Waals surface area contributed by atoms with Crippen molar-refractivity contribution in [3.63, 3.8) is 0 Å². The largest absolute Gasteiger partial charge is 0.342 e. The average Bonchev–Trinajstić information content (AvgIpc) is 3.13. The Balaban J connectivity index is 1.98. The molecule has 0 radical (unpaired) electrons. The number of carbonyl (C=O) groups is 2. The molecule has 1 saturated heterocycles. The summed E-state index contributed by atoms with van der Waals surface area (Å²) in [7, 11) is 1.81. The van der Waals surface area contributed by atoms with Gasteiger partial charge in [-0.3, -0.25) is 19.2 Å². The molecule has 2 unspecified atom stereocenters. The van der Waals surface area contributed by atoms with Gasteiger partial charge in [0, 0.05) is 19.3 Å². The number of rotatable bonds is 3. The van der Waals surface area contributed by atoms with E-state index in [-0.39, 0.29) is 23.8 Å². The summed E-state index contributed by atoms with van der Waals surface area (Å²) in [4.78, 5) is 26.7. The van der Waals surface area contributed by atoms with E-state index in [0.29, 0.717) is 11.7 Å². The highest BCUT2D eigenvalue weighted by atomic mass is 16.2. The summed E-state index contributed by atoms with van der Waals surface area (Å²) < 4.78 is 1.65. The van der Waals surface area contributed by atoms with E-state index >= 15 is 0 Å². The number of hydrogen-bond acceptors (Lipinski definition) is 3. The van der Waals surface area contributed by atoms with Crippen LogP contribution in [-0.2, 0) is 16.6 Å². The molecule has 1 N–H and O–H groups in total. The molecular weight excluding hydrogens is 256 g/mol. The Kier molecular flexibility index (Phi) is 3.03. The topological polar surface area (TPSA) is 67.2 Å². The molecule has 0 spiro atoms. The van der Waals surface area contributed by atoms with Crippen LogP contribution in [0, 0.1) is 11.8 Å². The predicted molar refractivity (Wildman–Crippen MR) is 74.0 cm³/mol. The molecule has 2 atom stereocenters. The van der Waals surface area contributed by atoms with E-state index in [1.165, 1.54) is 0 Å². The van der Waals surface area contributed by atoms with E-state index < -0.39 is 6.04 Å². The molecule has 3 rings (SSSR count). The van der Waals surface area contributed by atoms with Gasteiger partial charge in [-0.2, -0.15) is 5.10 Å². The molecule has 6 nitrogen and oxygen atoms in total. The number of carbonyl (C=O) groups excluding carboxylic acids is 2. The number of hydrogen-bond donors (Lipinski definition) is 1. The molecule has 1 aliphatic heterocycles. The van der Waals surface area contributed by atoms with Gasteiger partial charge in [0.25, 0.3) is 5.91 Å². The zero-order chi connectivity index (χ0) is 14.4. The first-order valence-corrected chi connectivity index (χ1v) is 7.12. The highest BCUT2D eigenvalue weighted by Crippen LogP contribution is 2.36. The summed E-state index contributed by atoms with van der Waals surface area (Å²) in [6.45, 7) is 3.90. The zero-order valence-electron chi connectivity index (χ0n) is 12.0. The number of nitrogens with one attached hydrogen (secondary N) is 1. The minimum absolute atomic E-state index is 0.0236. The minimum Gasteiger partial charge on any atom is -0.342 e. The highest BCUT2D eigenvalue weighted by Gasteiger charge is 2.48. The maximum atomic E-state index is 12.7. The number of nitrogens with zero attached hydrogens (tertiary/aromatic N) is 3. The zero-order valence-corrected chi connectivity index (χ0v) is 12.0. The lowest BCUT2D eigenvalue weighted by Crippen LogP contribution is -2.66. The van der Waals surface area contributed by atoms with Gasteiger partial charge in [0.15, 0.2) is 5.82 Å². The molecule has 1 aromatic rings. The fourth-order valence-electron chi connectivity index (χ4n) is 2.84. The summed E-state index contributed by atoms with van der Waals surface area (Å²) in [6, 6.07) is 0.933. The van der Waals surface area contributed by atoms with Crippen LogP contribution in [0.2, 0.25) is 0 Å². The van der Waals surface area contributed by atoms with E-state index in [1.807, 2.05) is 13.8 Å². The molecule has 2 fully saturated rings. The highest BCUT2D eigenvalue weighted by molar-refractivity contribution is 6.08. The van der Waals surface area contributed by atoms with Crippen LogP contribution in [0.4, 0.5) is 5.82 Å². The van der Waals surface area contributed by atoms with Crippen LogP contribution in [-0.4, -0.2) is 33.7 Å². The van der Waals surface area contributed by atoms with Gasteiger partial charge in [-0.05, 0) is 24.7 Å². The Morgan fingerprint density at radius 1 is 1.35 bits per heavy atom. The maximum Gasteiger partial charge on any atom is 0.251 e. The lowest BCUT2D eigenvalue weighted by molar-refractivity contribution is -0.135. The molecule has 0 bridgehead atoms. The van der Waals surface area contributed by atoms with Crippen molar-refractivity contribution in [1.82, 2.24) is 15.1 Å². The van der Waals surface area contributed by atoms with Crippen molar-refractivity contribution < 1.29 is 9.59 Å². The number of amides is 2. The summed E-state index contributed by atoms with van der Waals surface area (Å²) in [5.41, 5.74) is 0. The van der Waals surface area contributed by atoms with Crippen molar-refractivity contribution in [1.29, 1.82) is 0 Å². The quantitative estimate of drug-likeness (QED) is 0.883. The molecule has 1 aliphatic carbocycles. The van der Waals surface area contributed by atoms with Crippen LogP contribution in [0.5, 0.6) is 0 Å². The fraction of sp³-hybridized carbons (Fsp3) is 0.643. The second-order valence-corrected chi connectivity index (χ2v) is 6.07. The monoisotopic (exact) mass is 276 g/mol. The van der Waals surface area contributed by atoms with Crippen molar-refractivity contribution in [2.24, 2.45) is 18.9 Å². The van der Waals surface area contributed by atoms with Gasteiger partial charge >= 0.3 is 0 Å². The lowest BCUT2D eigenvalue weighted by Gasteiger charge is -2.39. The maximum absolute atomic E-state index is 12.7. The lowest BCUT2D eigenvalue weighted by atomic mass is 9.95. The first-order chi connectivity index (χ1) is 9.49. The summed E-state index contributed by atoms with van der Waals surface area (Å²) in [6.07, 6.45) is 3.82. The Labute approximate surface area is 118 Å². The first-order valence-electron chi connectivity index (χ1n) is 7.12. The van der Waals surface area contributed by atoms with Crippen molar-refractivity contribution in [2.45, 2.75) is 38.8 Å². The van der Waals surface area contributed by atoms with Gasteiger partial charge in [-0.15, -0.1) is 0 Å². The molecule has 2 heterocycles. The molecule has 6 heteroatoms. The second-order valence-electron chi connectivity index (χ2n) is 6.07. The molecule has 0 aromatic carbocycles. The number of aromatic nitrogens is 2. The Morgan fingerprint density at radius 3 is 2.55 bits per heavy atom. The van der Waals surface area contributed by atoms with Gasteiger partial charge in [0.05, 0.1) is 0 Å². The van der Waals surface area contributed by atoms with E-state index in [2.05, 4.69) is 10.4 Å². The number of anilines is 1. The molecule has 1 aromatic heterocycles. The van der Waals surface area contributed by atoms with E-state index in [9.17, 15) is 9.59 Å². The van der Waals surface area contributed by atoms with E-state index in [0.717, 1.165) is 12.8 Å². The molecule has 20 heavy (non-hydrogen) atoms. The third kappa shape index (κ3) is 2.09. The Bertz CT molecular complexity index is 547. The second kappa shape index (κ2) is 4.61. The molecular formula is C14H20N4O2. The number of piperazine rings is 1. The number of aryl methyl sites for hydroxylation is 1. The van der Waals surface area contributed by atoms with E-state index in [4.69, 9.17) is 0 Å². The SMILES string of the molecule is CC(C)C1C(=O)NC(C2CC2)C(=O)N1c1ccn(C)n1. The van der Waals surface area contributed by atoms with Gasteiger partial charge in [-0.1, -0.05) is 13.8 Å². The van der Waals surface area contributed by atoms with Crippen molar-refractivity contribution >= 4 is 17.6 Å². The third-order valence-corrected chi connectivity index (χ3v) is 4.02. The van der Waals surface area contributed by atoms with Gasteiger partial charge in [0.2, 0.25) is 5.91 Å². The molecule has 1 saturated carbocycles. The van der Waals surface area contributed by atoms with Crippen molar-refractivity contribution in [3.8, 4) is 0 Å². The fourth-order valence-corrected chi connectivity index (χ4v) is 2.84. The Morgan fingerprint density at radius 2 is 2.05 bits per heavy atom. The average molecular weight is 276 g/mol. The van der Waals surface area contributed by atoms with Gasteiger partial charge in [0.1, 0.15) is 12.1 Å². The van der Waals surface area contributed by atoms with Crippen LogP contribution in [0.1, 0.15) is 26.7 Å². The molecule has 108 valence electrons. The molecule has 2 amide bonds. The van der Waals surface area contributed by atoms with Crippen molar-refractivity contribution in [2.75, 3.05) is 4.90 Å². The molecule has 2 aliphatic rings. The van der Waals surface area contributed by atoms with Gasteiger partial charge in [-0.25, -0.2) is 0 Å². The van der Waals surface area contributed by atoms with Crippen LogP contribution >= 0.6 is 0 Å². The van der Waals surface area contributed by atoms with Gasteiger partial charge < -0.3 is 5.32 Å². The summed E-state index contributed by atoms with van der Waals surface area (Å²) in [5, 5.41) is 7.21. The minimum atomic E-state index is -0.479. The van der Waals surface area contributed by atoms with Crippen LogP contribution in [0.15, 0.2) is 12.3 Å². The standard InChI is InChI=1S/C14H20N4O2/c1-8(2)12-13(19)15-11(9-4-5-9)14(20)18(12)10-6-7-17(3)16-10/h6-9,11-12H,4-5H2,1-3H3,(H,15,19).